The Morgan fingerprint density at radius 3 is 2.80 bits per heavy atom. The molecule has 0 spiro atoms. The molecule has 4 heteroatoms. The molecule has 0 fully saturated rings. The SMILES string of the molecule is Cc1ccc(C2C[C@@H](O)c3ccc(Br)cc3O2)cc1Cl. The summed E-state index contributed by atoms with van der Waals surface area (Å²) in [5.41, 5.74) is 2.86. The molecule has 104 valence electrons. The van der Waals surface area contributed by atoms with Gasteiger partial charge in [0, 0.05) is 21.5 Å². The van der Waals surface area contributed by atoms with Crippen molar-refractivity contribution in [1.29, 1.82) is 0 Å². The minimum Gasteiger partial charge on any atom is -0.485 e. The summed E-state index contributed by atoms with van der Waals surface area (Å²) in [6.07, 6.45) is -0.157. The summed E-state index contributed by atoms with van der Waals surface area (Å²) in [5, 5.41) is 11.0. The number of rotatable bonds is 1. The van der Waals surface area contributed by atoms with Gasteiger partial charge in [-0.05, 0) is 36.2 Å². The van der Waals surface area contributed by atoms with Gasteiger partial charge in [0.05, 0.1) is 6.10 Å². The summed E-state index contributed by atoms with van der Waals surface area (Å²) in [4.78, 5) is 0. The number of hydrogen-bond acceptors (Lipinski definition) is 2. The van der Waals surface area contributed by atoms with Crippen molar-refractivity contribution in [1.82, 2.24) is 0 Å². The number of aliphatic hydroxyl groups excluding tert-OH is 1. The van der Waals surface area contributed by atoms with Gasteiger partial charge in [0.15, 0.2) is 0 Å². The van der Waals surface area contributed by atoms with Crippen LogP contribution in [0.2, 0.25) is 5.02 Å². The van der Waals surface area contributed by atoms with E-state index < -0.39 is 6.10 Å². The second-order valence-corrected chi connectivity index (χ2v) is 6.37. The highest BCUT2D eigenvalue weighted by Gasteiger charge is 2.28. The number of aliphatic hydroxyl groups is 1. The van der Waals surface area contributed by atoms with E-state index in [0.29, 0.717) is 6.42 Å². The number of aryl methyl sites for hydroxylation is 1. The van der Waals surface area contributed by atoms with Gasteiger partial charge in [-0.1, -0.05) is 45.7 Å². The number of fused-ring (bicyclic) bond motifs is 1. The summed E-state index contributed by atoms with van der Waals surface area (Å²) in [6.45, 7) is 1.97. The van der Waals surface area contributed by atoms with Crippen molar-refractivity contribution >= 4 is 27.5 Å². The minimum absolute atomic E-state index is 0.176. The summed E-state index contributed by atoms with van der Waals surface area (Å²) in [7, 11) is 0. The first-order chi connectivity index (χ1) is 9.54. The molecule has 0 saturated heterocycles. The Bertz CT molecular complexity index is 657. The van der Waals surface area contributed by atoms with Crippen LogP contribution in [0, 0.1) is 6.92 Å². The molecule has 2 aromatic rings. The van der Waals surface area contributed by atoms with Gasteiger partial charge < -0.3 is 9.84 Å². The van der Waals surface area contributed by atoms with Gasteiger partial charge in [0.25, 0.3) is 0 Å². The summed E-state index contributed by atoms with van der Waals surface area (Å²) in [6, 6.07) is 11.6. The van der Waals surface area contributed by atoms with Crippen molar-refractivity contribution in [2.24, 2.45) is 0 Å². The van der Waals surface area contributed by atoms with Gasteiger partial charge in [-0.15, -0.1) is 0 Å². The van der Waals surface area contributed by atoms with Crippen LogP contribution < -0.4 is 4.74 Å². The molecule has 0 saturated carbocycles. The predicted molar refractivity (Wildman–Crippen MR) is 83.3 cm³/mol. The van der Waals surface area contributed by atoms with Crippen LogP contribution in [0.5, 0.6) is 5.75 Å². The highest BCUT2D eigenvalue weighted by atomic mass is 79.9. The van der Waals surface area contributed by atoms with Crippen LogP contribution in [-0.2, 0) is 0 Å². The molecule has 2 aromatic carbocycles. The normalized spacial score (nSPS) is 21.2. The molecule has 1 aliphatic heterocycles. The standard InChI is InChI=1S/C16H14BrClO2/c1-9-2-3-10(6-13(9)18)15-8-14(19)12-5-4-11(17)7-16(12)20-15/h2-7,14-15,19H,8H2,1H3/t14-,15?/m1/s1. The number of ether oxygens (including phenoxy) is 1. The third kappa shape index (κ3) is 2.58. The molecule has 0 radical (unpaired) electrons. The third-order valence-corrected chi connectivity index (χ3v) is 4.51. The van der Waals surface area contributed by atoms with Crippen molar-refractivity contribution in [3.05, 3.63) is 62.6 Å². The van der Waals surface area contributed by atoms with Crippen LogP contribution in [-0.4, -0.2) is 5.11 Å². The molecule has 1 unspecified atom stereocenters. The first-order valence-corrected chi connectivity index (χ1v) is 7.62. The molecule has 0 aliphatic carbocycles. The fraction of sp³-hybridized carbons (Fsp3) is 0.250. The largest absolute Gasteiger partial charge is 0.485 e. The van der Waals surface area contributed by atoms with Crippen LogP contribution in [0.3, 0.4) is 0 Å². The Kier molecular flexibility index (Phi) is 3.76. The van der Waals surface area contributed by atoms with E-state index in [0.717, 1.165) is 31.9 Å². The van der Waals surface area contributed by atoms with E-state index in [-0.39, 0.29) is 6.10 Å². The van der Waals surface area contributed by atoms with Crippen molar-refractivity contribution in [2.75, 3.05) is 0 Å². The van der Waals surface area contributed by atoms with E-state index in [1.165, 1.54) is 0 Å². The molecule has 0 amide bonds. The lowest BCUT2D eigenvalue weighted by Gasteiger charge is -2.30. The molecule has 1 heterocycles. The van der Waals surface area contributed by atoms with E-state index in [1.807, 2.05) is 43.3 Å². The van der Waals surface area contributed by atoms with E-state index in [4.69, 9.17) is 16.3 Å². The van der Waals surface area contributed by atoms with Crippen LogP contribution >= 0.6 is 27.5 Å². The Hall–Kier alpha value is -1.03. The van der Waals surface area contributed by atoms with E-state index >= 15 is 0 Å². The molecule has 2 atom stereocenters. The quantitative estimate of drug-likeness (QED) is 0.784. The molecule has 20 heavy (non-hydrogen) atoms. The zero-order chi connectivity index (χ0) is 14.3. The lowest BCUT2D eigenvalue weighted by Crippen LogP contribution is -2.19. The maximum atomic E-state index is 10.3. The first kappa shape index (κ1) is 13.9. The molecule has 1 aliphatic rings. The van der Waals surface area contributed by atoms with Crippen LogP contribution in [0.15, 0.2) is 40.9 Å². The molecule has 2 nitrogen and oxygen atoms in total. The Balaban J connectivity index is 1.96. The van der Waals surface area contributed by atoms with Gasteiger partial charge in [0.2, 0.25) is 0 Å². The van der Waals surface area contributed by atoms with E-state index in [9.17, 15) is 5.11 Å². The molecule has 0 aromatic heterocycles. The second-order valence-electron chi connectivity index (χ2n) is 5.05. The van der Waals surface area contributed by atoms with E-state index in [2.05, 4.69) is 15.9 Å². The van der Waals surface area contributed by atoms with Crippen molar-refractivity contribution in [3.8, 4) is 5.75 Å². The molecule has 3 rings (SSSR count). The number of benzene rings is 2. The average Bonchev–Trinajstić information content (AvgIpc) is 2.41. The van der Waals surface area contributed by atoms with Crippen molar-refractivity contribution in [3.63, 3.8) is 0 Å². The molecule has 1 N–H and O–H groups in total. The van der Waals surface area contributed by atoms with Crippen LogP contribution in [0.25, 0.3) is 0 Å². The first-order valence-electron chi connectivity index (χ1n) is 6.45. The molecular weight excluding hydrogens is 340 g/mol. The zero-order valence-electron chi connectivity index (χ0n) is 10.9. The topological polar surface area (TPSA) is 29.5 Å². The Morgan fingerprint density at radius 2 is 2.05 bits per heavy atom. The van der Waals surface area contributed by atoms with Crippen LogP contribution in [0.1, 0.15) is 35.3 Å². The fourth-order valence-electron chi connectivity index (χ4n) is 2.43. The lowest BCUT2D eigenvalue weighted by molar-refractivity contribution is 0.0657. The monoisotopic (exact) mass is 352 g/mol. The molecular formula is C16H14BrClO2. The van der Waals surface area contributed by atoms with Gasteiger partial charge >= 0.3 is 0 Å². The number of halogens is 2. The summed E-state index contributed by atoms with van der Waals surface area (Å²) in [5.74, 6) is 0.722. The average molecular weight is 354 g/mol. The van der Waals surface area contributed by atoms with Gasteiger partial charge in [0.1, 0.15) is 11.9 Å². The van der Waals surface area contributed by atoms with Gasteiger partial charge in [-0.25, -0.2) is 0 Å². The Labute approximate surface area is 131 Å². The van der Waals surface area contributed by atoms with Crippen molar-refractivity contribution < 1.29 is 9.84 Å². The van der Waals surface area contributed by atoms with Crippen LogP contribution in [0.4, 0.5) is 0 Å². The second kappa shape index (κ2) is 5.40. The fourth-order valence-corrected chi connectivity index (χ4v) is 2.96. The van der Waals surface area contributed by atoms with Gasteiger partial charge in [-0.2, -0.15) is 0 Å². The predicted octanol–water partition coefficient (Wildman–Crippen LogP) is 4.97. The summed E-state index contributed by atoms with van der Waals surface area (Å²) >= 11 is 9.59. The minimum atomic E-state index is -0.517. The maximum absolute atomic E-state index is 10.3. The molecule has 0 bridgehead atoms. The summed E-state index contributed by atoms with van der Waals surface area (Å²) < 4.78 is 6.95. The number of hydrogen-bond donors (Lipinski definition) is 1. The zero-order valence-corrected chi connectivity index (χ0v) is 13.3. The lowest BCUT2D eigenvalue weighted by atomic mass is 9.94. The Morgan fingerprint density at radius 1 is 1.25 bits per heavy atom. The third-order valence-electron chi connectivity index (χ3n) is 3.61. The van der Waals surface area contributed by atoms with Gasteiger partial charge in [-0.3, -0.25) is 0 Å². The highest BCUT2D eigenvalue weighted by molar-refractivity contribution is 9.10. The highest BCUT2D eigenvalue weighted by Crippen LogP contribution is 2.42. The maximum Gasteiger partial charge on any atom is 0.127 e. The van der Waals surface area contributed by atoms with Crippen molar-refractivity contribution in [2.45, 2.75) is 25.6 Å². The smallest absolute Gasteiger partial charge is 0.127 e. The van der Waals surface area contributed by atoms with E-state index in [1.54, 1.807) is 0 Å².